The van der Waals surface area contributed by atoms with E-state index in [2.05, 4.69) is 5.32 Å². The number of carbonyl (C=O) groups excluding carboxylic acids is 2. The van der Waals surface area contributed by atoms with Crippen LogP contribution in [0.4, 0.5) is 0 Å². The second-order valence-electron chi connectivity index (χ2n) is 10.7. The summed E-state index contributed by atoms with van der Waals surface area (Å²) in [6.07, 6.45) is 0.986. The fraction of sp³-hybridized carbons (Fsp3) is 0.297. The number of ether oxygens (including phenoxy) is 5. The lowest BCUT2D eigenvalue weighted by molar-refractivity contribution is -0.140. The number of benzene rings is 4. The summed E-state index contributed by atoms with van der Waals surface area (Å²) in [6, 6.07) is 27.5. The molecule has 0 aliphatic carbocycles. The molecule has 0 aromatic heterocycles. The second kappa shape index (κ2) is 16.8. The average Bonchev–Trinajstić information content (AvgIpc) is 3.10. The molecule has 0 radical (unpaired) electrons. The molecular formula is C37H42N2O7. The van der Waals surface area contributed by atoms with Crippen LogP contribution in [0.3, 0.4) is 0 Å². The van der Waals surface area contributed by atoms with Crippen molar-refractivity contribution in [3.8, 4) is 28.7 Å². The number of amides is 2. The predicted octanol–water partition coefficient (Wildman–Crippen LogP) is 5.27. The Bertz CT molecular complexity index is 1570. The zero-order valence-electron chi connectivity index (χ0n) is 27.1. The zero-order chi connectivity index (χ0) is 32.9. The SMILES string of the molecule is COc1ccc(CN(C(=O)Cc2ccc(OC)c(OC)c2)C(Cc2ccccc2)C(=O)NCCc2ccc(OC)c(OC)c2)cc1. The molecule has 0 aliphatic rings. The van der Waals surface area contributed by atoms with Crippen LogP contribution in [-0.4, -0.2) is 64.8 Å². The number of hydrogen-bond acceptors (Lipinski definition) is 7. The van der Waals surface area contributed by atoms with Crippen molar-refractivity contribution in [2.45, 2.75) is 31.8 Å². The Balaban J connectivity index is 1.62. The third-order valence-corrected chi connectivity index (χ3v) is 7.75. The van der Waals surface area contributed by atoms with Crippen molar-refractivity contribution in [3.05, 3.63) is 113 Å². The van der Waals surface area contributed by atoms with Gasteiger partial charge in [-0.1, -0.05) is 54.6 Å². The number of nitrogens with one attached hydrogen (secondary N) is 1. The summed E-state index contributed by atoms with van der Waals surface area (Å²) in [7, 11) is 7.91. The lowest BCUT2D eigenvalue weighted by Crippen LogP contribution is -2.51. The van der Waals surface area contributed by atoms with Gasteiger partial charge in [0.15, 0.2) is 23.0 Å². The van der Waals surface area contributed by atoms with E-state index in [1.54, 1.807) is 52.6 Å². The minimum atomic E-state index is -0.775. The van der Waals surface area contributed by atoms with E-state index in [4.69, 9.17) is 23.7 Å². The normalized spacial score (nSPS) is 11.2. The molecule has 0 fully saturated rings. The zero-order valence-corrected chi connectivity index (χ0v) is 27.1. The molecule has 242 valence electrons. The highest BCUT2D eigenvalue weighted by molar-refractivity contribution is 5.89. The van der Waals surface area contributed by atoms with Gasteiger partial charge in [0.2, 0.25) is 11.8 Å². The molecule has 9 nitrogen and oxygen atoms in total. The molecule has 46 heavy (non-hydrogen) atoms. The molecule has 0 saturated carbocycles. The number of methoxy groups -OCH3 is 5. The molecule has 1 N–H and O–H groups in total. The fourth-order valence-electron chi connectivity index (χ4n) is 5.23. The molecule has 4 aromatic rings. The average molecular weight is 627 g/mol. The smallest absolute Gasteiger partial charge is 0.243 e. The molecule has 2 amide bonds. The van der Waals surface area contributed by atoms with Crippen molar-refractivity contribution in [2.75, 3.05) is 42.1 Å². The fourth-order valence-corrected chi connectivity index (χ4v) is 5.23. The van der Waals surface area contributed by atoms with Gasteiger partial charge < -0.3 is 33.9 Å². The van der Waals surface area contributed by atoms with E-state index in [1.165, 1.54) is 0 Å². The molecule has 4 aromatic carbocycles. The first-order valence-corrected chi connectivity index (χ1v) is 15.0. The van der Waals surface area contributed by atoms with E-state index in [9.17, 15) is 9.59 Å². The van der Waals surface area contributed by atoms with E-state index in [0.29, 0.717) is 48.1 Å². The molecule has 0 spiro atoms. The van der Waals surface area contributed by atoms with E-state index in [0.717, 1.165) is 22.3 Å². The summed E-state index contributed by atoms with van der Waals surface area (Å²) >= 11 is 0. The van der Waals surface area contributed by atoms with Gasteiger partial charge in [-0.3, -0.25) is 9.59 Å². The van der Waals surface area contributed by atoms with Crippen LogP contribution in [0.15, 0.2) is 91.0 Å². The van der Waals surface area contributed by atoms with Gasteiger partial charge >= 0.3 is 0 Å². The van der Waals surface area contributed by atoms with Gasteiger partial charge in [-0.05, 0) is 65.1 Å². The number of nitrogens with zero attached hydrogens (tertiary/aromatic N) is 1. The first-order valence-electron chi connectivity index (χ1n) is 15.0. The Morgan fingerprint density at radius 2 is 1.20 bits per heavy atom. The van der Waals surface area contributed by atoms with Gasteiger partial charge in [-0.25, -0.2) is 0 Å². The van der Waals surface area contributed by atoms with Crippen LogP contribution in [0.1, 0.15) is 22.3 Å². The number of carbonyl (C=O) groups is 2. The highest BCUT2D eigenvalue weighted by atomic mass is 16.5. The van der Waals surface area contributed by atoms with Crippen LogP contribution in [-0.2, 0) is 35.4 Å². The van der Waals surface area contributed by atoms with Crippen LogP contribution in [0.5, 0.6) is 28.7 Å². The third kappa shape index (κ3) is 8.94. The number of rotatable bonds is 16. The topological polar surface area (TPSA) is 95.6 Å². The monoisotopic (exact) mass is 626 g/mol. The largest absolute Gasteiger partial charge is 0.497 e. The Morgan fingerprint density at radius 1 is 0.630 bits per heavy atom. The van der Waals surface area contributed by atoms with Gasteiger partial charge in [0, 0.05) is 19.5 Å². The van der Waals surface area contributed by atoms with E-state index in [1.807, 2.05) is 78.9 Å². The standard InChI is InChI=1S/C37H42N2O7/c1-42-30-15-11-28(12-16-30)25-39(36(40)24-29-14-18-33(44-3)35(23-29)46-5)31(21-26-9-7-6-8-10-26)37(41)38-20-19-27-13-17-32(43-2)34(22-27)45-4/h6-18,22-23,31H,19-21,24-25H2,1-5H3,(H,38,41). The van der Waals surface area contributed by atoms with Crippen LogP contribution >= 0.6 is 0 Å². The van der Waals surface area contributed by atoms with Gasteiger partial charge in [-0.15, -0.1) is 0 Å². The molecule has 0 bridgehead atoms. The minimum absolute atomic E-state index is 0.0702. The Kier molecular flexibility index (Phi) is 12.3. The maximum Gasteiger partial charge on any atom is 0.243 e. The Hall–Kier alpha value is -5.18. The van der Waals surface area contributed by atoms with Gasteiger partial charge in [0.1, 0.15) is 11.8 Å². The van der Waals surface area contributed by atoms with Crippen molar-refractivity contribution in [3.63, 3.8) is 0 Å². The molecule has 0 saturated heterocycles. The van der Waals surface area contributed by atoms with Crippen molar-refractivity contribution in [1.29, 1.82) is 0 Å². The quantitative estimate of drug-likeness (QED) is 0.181. The molecule has 4 rings (SSSR count). The maximum atomic E-state index is 14.2. The summed E-state index contributed by atoms with van der Waals surface area (Å²) in [5.41, 5.74) is 3.55. The van der Waals surface area contributed by atoms with Crippen LogP contribution in [0.25, 0.3) is 0 Å². The molecule has 0 heterocycles. The van der Waals surface area contributed by atoms with E-state index < -0.39 is 6.04 Å². The van der Waals surface area contributed by atoms with Gasteiger partial charge in [0.25, 0.3) is 0 Å². The number of hydrogen-bond donors (Lipinski definition) is 1. The van der Waals surface area contributed by atoms with Crippen molar-refractivity contribution in [1.82, 2.24) is 10.2 Å². The van der Waals surface area contributed by atoms with Crippen LogP contribution in [0.2, 0.25) is 0 Å². The van der Waals surface area contributed by atoms with Crippen molar-refractivity contribution >= 4 is 11.8 Å². The van der Waals surface area contributed by atoms with Crippen LogP contribution in [0, 0.1) is 0 Å². The summed E-state index contributed by atoms with van der Waals surface area (Å²) < 4.78 is 27.0. The van der Waals surface area contributed by atoms with Crippen molar-refractivity contribution in [2.24, 2.45) is 0 Å². The summed E-state index contributed by atoms with van der Waals surface area (Å²) in [6.45, 7) is 0.608. The molecule has 1 atom stereocenters. The minimum Gasteiger partial charge on any atom is -0.497 e. The lowest BCUT2D eigenvalue weighted by atomic mass is 10.0. The van der Waals surface area contributed by atoms with E-state index >= 15 is 0 Å². The highest BCUT2D eigenvalue weighted by Crippen LogP contribution is 2.29. The first kappa shape index (κ1) is 33.7. The second-order valence-corrected chi connectivity index (χ2v) is 10.7. The first-order chi connectivity index (χ1) is 22.4. The highest BCUT2D eigenvalue weighted by Gasteiger charge is 2.30. The molecular weight excluding hydrogens is 584 g/mol. The van der Waals surface area contributed by atoms with Crippen molar-refractivity contribution < 1.29 is 33.3 Å². The summed E-state index contributed by atoms with van der Waals surface area (Å²) in [5.74, 6) is 2.64. The maximum absolute atomic E-state index is 14.2. The Labute approximate surface area is 271 Å². The van der Waals surface area contributed by atoms with Gasteiger partial charge in [-0.2, -0.15) is 0 Å². The summed E-state index contributed by atoms with van der Waals surface area (Å²) in [5, 5.41) is 3.09. The van der Waals surface area contributed by atoms with Crippen LogP contribution < -0.4 is 29.0 Å². The predicted molar refractivity (Wildman–Crippen MR) is 177 cm³/mol. The molecule has 0 aliphatic heterocycles. The van der Waals surface area contributed by atoms with Gasteiger partial charge in [0.05, 0.1) is 42.0 Å². The molecule has 9 heteroatoms. The lowest BCUT2D eigenvalue weighted by Gasteiger charge is -2.32. The third-order valence-electron chi connectivity index (χ3n) is 7.75. The van der Waals surface area contributed by atoms with E-state index in [-0.39, 0.29) is 24.8 Å². The Morgan fingerprint density at radius 3 is 1.78 bits per heavy atom. The molecule has 1 unspecified atom stereocenters. The summed E-state index contributed by atoms with van der Waals surface area (Å²) in [4.78, 5) is 29.9.